The standard InChI is InChI=1S/C23H26FN7O/c1-14-10-31-11-15(9-19(24)22(31)25-14)26-23(32)17-5-6-20(18-13-29(4)27-21(17)18)30-8-7-16(12-30)28(2)3/h5-6,9-11,13,16H,7-8,12H2,1-4H3,(H,26,32)/t16-/m1/s1. The van der Waals surface area contributed by atoms with E-state index >= 15 is 0 Å². The van der Waals surface area contributed by atoms with Gasteiger partial charge in [-0.05, 0) is 39.6 Å². The molecule has 0 aliphatic carbocycles. The quantitative estimate of drug-likeness (QED) is 0.534. The maximum absolute atomic E-state index is 14.4. The molecule has 4 heterocycles. The number of likely N-dealkylation sites (N-methyl/N-ethyl adjacent to an activating group) is 1. The van der Waals surface area contributed by atoms with Gasteiger partial charge in [0.1, 0.15) is 5.52 Å². The highest BCUT2D eigenvalue weighted by atomic mass is 19.1. The summed E-state index contributed by atoms with van der Waals surface area (Å²) in [5, 5.41) is 8.31. The van der Waals surface area contributed by atoms with E-state index in [1.165, 1.54) is 6.07 Å². The number of aryl methyl sites for hydroxylation is 2. The number of aromatic nitrogens is 4. The number of hydrogen-bond donors (Lipinski definition) is 1. The number of hydrogen-bond acceptors (Lipinski definition) is 5. The average molecular weight is 436 g/mol. The van der Waals surface area contributed by atoms with Gasteiger partial charge in [0.2, 0.25) is 0 Å². The zero-order valence-corrected chi connectivity index (χ0v) is 18.6. The highest BCUT2D eigenvalue weighted by Crippen LogP contribution is 2.32. The molecule has 4 aromatic rings. The zero-order chi connectivity index (χ0) is 22.6. The highest BCUT2D eigenvalue weighted by molar-refractivity contribution is 6.13. The van der Waals surface area contributed by atoms with Gasteiger partial charge in [-0.15, -0.1) is 0 Å². The normalized spacial score (nSPS) is 16.6. The third-order valence-electron chi connectivity index (χ3n) is 6.13. The fraction of sp³-hybridized carbons (Fsp3) is 0.348. The Morgan fingerprint density at radius 3 is 2.81 bits per heavy atom. The molecule has 1 aliphatic rings. The predicted octanol–water partition coefficient (Wildman–Crippen LogP) is 3.06. The van der Waals surface area contributed by atoms with E-state index in [-0.39, 0.29) is 11.6 Å². The van der Waals surface area contributed by atoms with Gasteiger partial charge in [-0.25, -0.2) is 9.37 Å². The molecule has 166 valence electrons. The van der Waals surface area contributed by atoms with Crippen LogP contribution in [0.1, 0.15) is 22.5 Å². The number of anilines is 2. The summed E-state index contributed by atoms with van der Waals surface area (Å²) in [5.74, 6) is -0.817. The largest absolute Gasteiger partial charge is 0.369 e. The van der Waals surface area contributed by atoms with Crippen molar-refractivity contribution in [2.45, 2.75) is 19.4 Å². The molecule has 0 spiro atoms. The van der Waals surface area contributed by atoms with Gasteiger partial charge in [0.25, 0.3) is 5.91 Å². The number of halogens is 1. The van der Waals surface area contributed by atoms with Crippen LogP contribution in [0.25, 0.3) is 16.6 Å². The Bertz CT molecular complexity index is 1340. The smallest absolute Gasteiger partial charge is 0.257 e. The lowest BCUT2D eigenvalue weighted by Gasteiger charge is -2.22. The number of carbonyl (C=O) groups is 1. The first-order chi connectivity index (χ1) is 15.3. The van der Waals surface area contributed by atoms with E-state index in [2.05, 4.69) is 39.3 Å². The molecule has 1 amide bonds. The van der Waals surface area contributed by atoms with Crippen LogP contribution in [-0.4, -0.2) is 63.2 Å². The lowest BCUT2D eigenvalue weighted by atomic mass is 10.1. The van der Waals surface area contributed by atoms with Crippen molar-refractivity contribution in [1.29, 1.82) is 0 Å². The molecule has 9 heteroatoms. The van der Waals surface area contributed by atoms with Gasteiger partial charge in [-0.1, -0.05) is 0 Å². The van der Waals surface area contributed by atoms with E-state index < -0.39 is 5.82 Å². The molecule has 0 radical (unpaired) electrons. The molecule has 0 bridgehead atoms. The summed E-state index contributed by atoms with van der Waals surface area (Å²) < 4.78 is 17.7. The van der Waals surface area contributed by atoms with Crippen LogP contribution in [0.3, 0.4) is 0 Å². The summed E-state index contributed by atoms with van der Waals surface area (Å²) in [6.07, 6.45) is 6.42. The predicted molar refractivity (Wildman–Crippen MR) is 123 cm³/mol. The molecule has 1 fully saturated rings. The molecular formula is C23H26FN7O. The minimum Gasteiger partial charge on any atom is -0.369 e. The van der Waals surface area contributed by atoms with Crippen LogP contribution in [0.2, 0.25) is 0 Å². The number of benzene rings is 1. The molecule has 1 aromatic carbocycles. The molecule has 0 unspecified atom stereocenters. The van der Waals surface area contributed by atoms with E-state index in [1.807, 2.05) is 19.3 Å². The number of nitrogens with one attached hydrogen (secondary N) is 1. The van der Waals surface area contributed by atoms with Gasteiger partial charge >= 0.3 is 0 Å². The van der Waals surface area contributed by atoms with Crippen LogP contribution in [0.5, 0.6) is 0 Å². The number of amides is 1. The van der Waals surface area contributed by atoms with Crippen LogP contribution < -0.4 is 10.2 Å². The summed E-state index contributed by atoms with van der Waals surface area (Å²) in [4.78, 5) is 21.9. The summed E-state index contributed by atoms with van der Waals surface area (Å²) in [6.45, 7) is 3.69. The van der Waals surface area contributed by atoms with Crippen molar-refractivity contribution in [2.75, 3.05) is 37.4 Å². The van der Waals surface area contributed by atoms with E-state index in [4.69, 9.17) is 0 Å². The third-order valence-corrected chi connectivity index (χ3v) is 6.13. The minimum absolute atomic E-state index is 0.235. The summed E-state index contributed by atoms with van der Waals surface area (Å²) in [6, 6.07) is 5.58. The Morgan fingerprint density at radius 2 is 2.06 bits per heavy atom. The van der Waals surface area contributed by atoms with Crippen LogP contribution >= 0.6 is 0 Å². The topological polar surface area (TPSA) is 70.7 Å². The first-order valence-electron chi connectivity index (χ1n) is 10.6. The first-order valence-corrected chi connectivity index (χ1v) is 10.6. The highest BCUT2D eigenvalue weighted by Gasteiger charge is 2.27. The Labute approximate surface area is 185 Å². The van der Waals surface area contributed by atoms with Crippen molar-refractivity contribution in [3.8, 4) is 0 Å². The van der Waals surface area contributed by atoms with Crippen molar-refractivity contribution in [3.63, 3.8) is 0 Å². The minimum atomic E-state index is -0.487. The number of carbonyl (C=O) groups excluding carboxylic acids is 1. The van der Waals surface area contributed by atoms with Crippen molar-refractivity contribution in [3.05, 3.63) is 53.9 Å². The fourth-order valence-corrected chi connectivity index (χ4v) is 4.49. The summed E-state index contributed by atoms with van der Waals surface area (Å²) in [7, 11) is 6.06. The lowest BCUT2D eigenvalue weighted by molar-refractivity contribution is 0.102. The van der Waals surface area contributed by atoms with Crippen LogP contribution in [-0.2, 0) is 7.05 Å². The molecule has 0 saturated carbocycles. The second-order valence-electron chi connectivity index (χ2n) is 8.69. The number of imidazole rings is 1. The van der Waals surface area contributed by atoms with E-state index in [0.717, 1.165) is 30.6 Å². The van der Waals surface area contributed by atoms with Gasteiger partial charge in [0, 0.05) is 61.9 Å². The lowest BCUT2D eigenvalue weighted by Crippen LogP contribution is -2.31. The summed E-state index contributed by atoms with van der Waals surface area (Å²) >= 11 is 0. The van der Waals surface area contributed by atoms with E-state index in [9.17, 15) is 9.18 Å². The molecule has 8 nitrogen and oxygen atoms in total. The molecular weight excluding hydrogens is 409 g/mol. The Hall–Kier alpha value is -3.46. The van der Waals surface area contributed by atoms with Crippen molar-refractivity contribution < 1.29 is 9.18 Å². The van der Waals surface area contributed by atoms with Crippen LogP contribution in [0.15, 0.2) is 36.8 Å². The van der Waals surface area contributed by atoms with E-state index in [0.29, 0.717) is 28.5 Å². The zero-order valence-electron chi connectivity index (χ0n) is 18.6. The molecule has 1 N–H and O–H groups in total. The monoisotopic (exact) mass is 435 g/mol. The van der Waals surface area contributed by atoms with Gasteiger partial charge in [0.05, 0.1) is 16.9 Å². The molecule has 5 rings (SSSR count). The Kier molecular flexibility index (Phi) is 4.85. The third kappa shape index (κ3) is 3.48. The molecule has 3 aromatic heterocycles. The molecule has 32 heavy (non-hydrogen) atoms. The second-order valence-corrected chi connectivity index (χ2v) is 8.69. The van der Waals surface area contributed by atoms with Crippen LogP contribution in [0, 0.1) is 12.7 Å². The van der Waals surface area contributed by atoms with Gasteiger partial charge in [-0.3, -0.25) is 9.48 Å². The van der Waals surface area contributed by atoms with Crippen molar-refractivity contribution >= 4 is 33.8 Å². The van der Waals surface area contributed by atoms with Gasteiger partial charge in [0.15, 0.2) is 11.5 Å². The van der Waals surface area contributed by atoms with Crippen molar-refractivity contribution in [1.82, 2.24) is 24.1 Å². The Morgan fingerprint density at radius 1 is 1.25 bits per heavy atom. The van der Waals surface area contributed by atoms with Gasteiger partial charge in [-0.2, -0.15) is 5.10 Å². The van der Waals surface area contributed by atoms with Gasteiger partial charge < -0.3 is 19.5 Å². The van der Waals surface area contributed by atoms with Crippen molar-refractivity contribution in [2.24, 2.45) is 7.05 Å². The fourth-order valence-electron chi connectivity index (χ4n) is 4.49. The first kappa shape index (κ1) is 20.4. The maximum atomic E-state index is 14.4. The maximum Gasteiger partial charge on any atom is 0.257 e. The SMILES string of the molecule is Cc1cn2cc(NC(=O)c3ccc(N4CC[C@@H](N(C)C)C4)c4cn(C)nc34)cc(F)c2n1. The van der Waals surface area contributed by atoms with E-state index in [1.54, 1.807) is 34.5 Å². The van der Waals surface area contributed by atoms with Crippen LogP contribution in [0.4, 0.5) is 15.8 Å². The second kappa shape index (κ2) is 7.59. The molecule has 1 aliphatic heterocycles. The number of rotatable bonds is 4. The number of fused-ring (bicyclic) bond motifs is 2. The summed E-state index contributed by atoms with van der Waals surface area (Å²) in [5.41, 5.74) is 3.47. The molecule has 1 saturated heterocycles. The number of pyridine rings is 1. The number of nitrogens with zero attached hydrogens (tertiary/aromatic N) is 6. The molecule has 1 atom stereocenters. The average Bonchev–Trinajstić information content (AvgIpc) is 3.44. The Balaban J connectivity index is 1.48.